The summed E-state index contributed by atoms with van der Waals surface area (Å²) < 4.78 is 37.7. The molecule has 0 aromatic heterocycles. The van der Waals surface area contributed by atoms with Crippen molar-refractivity contribution in [2.75, 3.05) is 0 Å². The fourth-order valence-corrected chi connectivity index (χ4v) is 2.78. The van der Waals surface area contributed by atoms with Crippen LogP contribution in [0.25, 0.3) is 0 Å². The standard InChI is InChI=1S/C24H17F2NO4/c1-2-3-15-4-6-16(7-5-15)23(28)30-19-11-8-17(9-12-19)24(29)31-20-13-10-18(14-27)21(25)22(20)26/h4-13H,2-3H2,1H3. The molecule has 0 unspecified atom stereocenters. The largest absolute Gasteiger partial charge is 0.423 e. The molecule has 0 saturated carbocycles. The highest BCUT2D eigenvalue weighted by atomic mass is 19.2. The summed E-state index contributed by atoms with van der Waals surface area (Å²) in [6, 6.07) is 16.0. The maximum absolute atomic E-state index is 13.9. The van der Waals surface area contributed by atoms with Gasteiger partial charge in [0.2, 0.25) is 5.82 Å². The quantitative estimate of drug-likeness (QED) is 0.403. The smallest absolute Gasteiger partial charge is 0.343 e. The lowest BCUT2D eigenvalue weighted by Crippen LogP contribution is -2.11. The van der Waals surface area contributed by atoms with Gasteiger partial charge in [-0.1, -0.05) is 25.5 Å². The van der Waals surface area contributed by atoms with Gasteiger partial charge >= 0.3 is 11.9 Å². The van der Waals surface area contributed by atoms with Gasteiger partial charge in [-0.2, -0.15) is 9.65 Å². The molecule has 0 aliphatic carbocycles. The molecule has 0 bridgehead atoms. The number of hydrogen-bond acceptors (Lipinski definition) is 5. The topological polar surface area (TPSA) is 76.4 Å². The van der Waals surface area contributed by atoms with Crippen molar-refractivity contribution in [2.45, 2.75) is 19.8 Å². The average molecular weight is 421 g/mol. The summed E-state index contributed by atoms with van der Waals surface area (Å²) >= 11 is 0. The number of carbonyl (C=O) groups is 2. The van der Waals surface area contributed by atoms with Crippen LogP contribution in [-0.2, 0) is 6.42 Å². The molecule has 3 aromatic rings. The van der Waals surface area contributed by atoms with E-state index in [0.717, 1.165) is 30.5 Å². The third kappa shape index (κ3) is 5.11. The van der Waals surface area contributed by atoms with E-state index in [9.17, 15) is 18.4 Å². The van der Waals surface area contributed by atoms with Crippen LogP contribution in [0.2, 0.25) is 0 Å². The van der Waals surface area contributed by atoms with Gasteiger partial charge in [0.05, 0.1) is 16.7 Å². The molecule has 0 spiro atoms. The summed E-state index contributed by atoms with van der Waals surface area (Å²) in [6.45, 7) is 2.07. The Morgan fingerprint density at radius 2 is 1.42 bits per heavy atom. The van der Waals surface area contributed by atoms with Crippen LogP contribution in [0.4, 0.5) is 8.78 Å². The van der Waals surface area contributed by atoms with Crippen molar-refractivity contribution in [3.8, 4) is 17.6 Å². The summed E-state index contributed by atoms with van der Waals surface area (Å²) in [6.07, 6.45) is 1.93. The molecular formula is C24H17F2NO4. The van der Waals surface area contributed by atoms with Gasteiger partial charge in [-0.25, -0.2) is 14.0 Å². The molecular weight excluding hydrogens is 404 g/mol. The molecule has 0 radical (unpaired) electrons. The van der Waals surface area contributed by atoms with Crippen molar-refractivity contribution in [3.05, 3.63) is 94.6 Å². The second kappa shape index (κ2) is 9.63. The highest BCUT2D eigenvalue weighted by molar-refractivity contribution is 5.92. The highest BCUT2D eigenvalue weighted by Gasteiger charge is 2.18. The number of nitriles is 1. The molecule has 31 heavy (non-hydrogen) atoms. The van der Waals surface area contributed by atoms with Gasteiger partial charge in [0, 0.05) is 0 Å². The van der Waals surface area contributed by atoms with Crippen molar-refractivity contribution in [2.24, 2.45) is 0 Å². The van der Waals surface area contributed by atoms with Crippen LogP contribution in [0.1, 0.15) is 45.2 Å². The van der Waals surface area contributed by atoms with E-state index >= 15 is 0 Å². The molecule has 156 valence electrons. The van der Waals surface area contributed by atoms with Crippen LogP contribution < -0.4 is 9.47 Å². The lowest BCUT2D eigenvalue weighted by atomic mass is 10.1. The van der Waals surface area contributed by atoms with E-state index in [1.54, 1.807) is 12.1 Å². The van der Waals surface area contributed by atoms with Gasteiger partial charge in [0.1, 0.15) is 11.8 Å². The molecule has 0 aliphatic rings. The molecule has 0 aliphatic heterocycles. The van der Waals surface area contributed by atoms with Crippen molar-refractivity contribution in [1.82, 2.24) is 0 Å². The molecule has 0 fully saturated rings. The van der Waals surface area contributed by atoms with E-state index in [1.165, 1.54) is 30.3 Å². The van der Waals surface area contributed by atoms with Crippen LogP contribution in [0.3, 0.4) is 0 Å². The molecule has 0 saturated heterocycles. The molecule has 3 rings (SSSR count). The number of ether oxygens (including phenoxy) is 2. The van der Waals surface area contributed by atoms with Crippen LogP contribution in [-0.4, -0.2) is 11.9 Å². The molecule has 5 nitrogen and oxygen atoms in total. The monoisotopic (exact) mass is 421 g/mol. The molecule has 7 heteroatoms. The first-order chi connectivity index (χ1) is 14.9. The lowest BCUT2D eigenvalue weighted by molar-refractivity contribution is 0.0725. The summed E-state index contributed by atoms with van der Waals surface area (Å²) in [4.78, 5) is 24.4. The summed E-state index contributed by atoms with van der Waals surface area (Å²) in [5.74, 6) is -4.74. The van der Waals surface area contributed by atoms with Gasteiger partial charge in [0.15, 0.2) is 11.6 Å². The zero-order chi connectivity index (χ0) is 22.4. The van der Waals surface area contributed by atoms with Crippen molar-refractivity contribution >= 4 is 11.9 Å². The van der Waals surface area contributed by atoms with Crippen LogP contribution >= 0.6 is 0 Å². The molecule has 0 amide bonds. The zero-order valence-electron chi connectivity index (χ0n) is 16.5. The zero-order valence-corrected chi connectivity index (χ0v) is 16.5. The van der Waals surface area contributed by atoms with Crippen LogP contribution in [0, 0.1) is 23.0 Å². The molecule has 3 aromatic carbocycles. The Hall–Kier alpha value is -4.05. The van der Waals surface area contributed by atoms with Gasteiger partial charge in [-0.15, -0.1) is 0 Å². The maximum Gasteiger partial charge on any atom is 0.343 e. The van der Waals surface area contributed by atoms with Gasteiger partial charge in [0.25, 0.3) is 0 Å². The molecule has 0 atom stereocenters. The second-order valence-electron chi connectivity index (χ2n) is 6.60. The summed E-state index contributed by atoms with van der Waals surface area (Å²) in [5.41, 5.74) is 1.05. The van der Waals surface area contributed by atoms with E-state index in [0.29, 0.717) is 5.56 Å². The normalized spacial score (nSPS) is 10.3. The third-order valence-electron chi connectivity index (χ3n) is 4.40. The first-order valence-electron chi connectivity index (χ1n) is 9.44. The van der Waals surface area contributed by atoms with Crippen molar-refractivity contribution in [3.63, 3.8) is 0 Å². The number of hydrogen-bond donors (Lipinski definition) is 0. The minimum Gasteiger partial charge on any atom is -0.423 e. The third-order valence-corrected chi connectivity index (χ3v) is 4.40. The van der Waals surface area contributed by atoms with Gasteiger partial charge < -0.3 is 9.47 Å². The van der Waals surface area contributed by atoms with Crippen molar-refractivity contribution < 1.29 is 27.8 Å². The van der Waals surface area contributed by atoms with E-state index in [4.69, 9.17) is 14.7 Å². The first-order valence-corrected chi connectivity index (χ1v) is 9.44. The van der Waals surface area contributed by atoms with Crippen molar-refractivity contribution in [1.29, 1.82) is 5.26 Å². The fourth-order valence-electron chi connectivity index (χ4n) is 2.78. The Kier molecular flexibility index (Phi) is 6.73. The molecule has 0 N–H and O–H groups in total. The Morgan fingerprint density at radius 1 is 0.839 bits per heavy atom. The van der Waals surface area contributed by atoms with Crippen LogP contribution in [0.15, 0.2) is 60.7 Å². The van der Waals surface area contributed by atoms with Gasteiger partial charge in [-0.05, 0) is 60.5 Å². The minimum absolute atomic E-state index is 0.0351. The fraction of sp³-hybridized carbons (Fsp3) is 0.125. The number of aryl methyl sites for hydroxylation is 1. The molecule has 0 heterocycles. The number of carbonyl (C=O) groups excluding carboxylic acids is 2. The van der Waals surface area contributed by atoms with E-state index in [1.807, 2.05) is 12.1 Å². The van der Waals surface area contributed by atoms with E-state index in [-0.39, 0.29) is 11.3 Å². The average Bonchev–Trinajstić information content (AvgIpc) is 2.78. The van der Waals surface area contributed by atoms with E-state index < -0.39 is 34.9 Å². The lowest BCUT2D eigenvalue weighted by Gasteiger charge is -2.08. The number of rotatable bonds is 6. The Balaban J connectivity index is 1.66. The summed E-state index contributed by atoms with van der Waals surface area (Å²) in [7, 11) is 0. The Labute approximate surface area is 177 Å². The highest BCUT2D eigenvalue weighted by Crippen LogP contribution is 2.24. The summed E-state index contributed by atoms with van der Waals surface area (Å²) in [5, 5.41) is 8.69. The minimum atomic E-state index is -1.43. The van der Waals surface area contributed by atoms with Gasteiger partial charge in [-0.3, -0.25) is 0 Å². The number of nitrogens with zero attached hydrogens (tertiary/aromatic N) is 1. The number of benzene rings is 3. The Bertz CT molecular complexity index is 1150. The predicted octanol–water partition coefficient (Wildman–Crippen LogP) is 5.23. The SMILES string of the molecule is CCCc1ccc(C(=O)Oc2ccc(C(=O)Oc3ccc(C#N)c(F)c3F)cc2)cc1. The van der Waals surface area contributed by atoms with Crippen LogP contribution in [0.5, 0.6) is 11.5 Å². The Morgan fingerprint density at radius 3 is 2.00 bits per heavy atom. The van der Waals surface area contributed by atoms with E-state index in [2.05, 4.69) is 6.92 Å². The number of halogens is 2. The number of esters is 2. The second-order valence-corrected chi connectivity index (χ2v) is 6.60. The predicted molar refractivity (Wildman–Crippen MR) is 108 cm³/mol. The maximum atomic E-state index is 13.9. The first kappa shape index (κ1) is 21.7.